The fourth-order valence-corrected chi connectivity index (χ4v) is 2.91. The second-order valence-corrected chi connectivity index (χ2v) is 5.81. The minimum absolute atomic E-state index is 0.108. The van der Waals surface area contributed by atoms with Crippen LogP contribution in [0.4, 0.5) is 4.39 Å². The molecule has 6 heteroatoms. The van der Waals surface area contributed by atoms with Crippen molar-refractivity contribution in [1.29, 1.82) is 0 Å². The molecule has 112 valence electrons. The van der Waals surface area contributed by atoms with E-state index in [2.05, 4.69) is 10.3 Å². The van der Waals surface area contributed by atoms with Crippen LogP contribution in [0.25, 0.3) is 0 Å². The highest BCUT2D eigenvalue weighted by molar-refractivity contribution is 7.13. The third-order valence-electron chi connectivity index (χ3n) is 2.98. The lowest BCUT2D eigenvalue weighted by molar-refractivity contribution is 0.0956. The smallest absolute Gasteiger partial charge is 0.263 e. The molecule has 0 fully saturated rings. The second kappa shape index (κ2) is 7.28. The van der Waals surface area contributed by atoms with Crippen LogP contribution in [0.1, 0.15) is 32.4 Å². The van der Waals surface area contributed by atoms with E-state index in [0.717, 1.165) is 22.7 Å². The molecule has 0 radical (unpaired) electrons. The van der Waals surface area contributed by atoms with Crippen molar-refractivity contribution in [3.63, 3.8) is 0 Å². The number of nitrogens with two attached hydrogens (primary N) is 1. The zero-order chi connectivity index (χ0) is 15.2. The molecule has 1 amide bonds. The first-order chi connectivity index (χ1) is 10.1. The van der Waals surface area contributed by atoms with Gasteiger partial charge in [0.05, 0.1) is 10.7 Å². The van der Waals surface area contributed by atoms with E-state index < -0.39 is 0 Å². The van der Waals surface area contributed by atoms with E-state index in [1.54, 1.807) is 12.1 Å². The summed E-state index contributed by atoms with van der Waals surface area (Å²) in [6.45, 7) is 2.94. The normalized spacial score (nSPS) is 10.6. The van der Waals surface area contributed by atoms with Gasteiger partial charge in [-0.3, -0.25) is 4.79 Å². The van der Waals surface area contributed by atoms with Crippen LogP contribution < -0.4 is 11.1 Å². The molecule has 0 atom stereocenters. The fourth-order valence-electron chi connectivity index (χ4n) is 1.90. The number of amides is 1. The Kier molecular flexibility index (Phi) is 5.41. The van der Waals surface area contributed by atoms with Crippen molar-refractivity contribution >= 4 is 17.2 Å². The SMILES string of the molecule is Cc1nc(Cc2ccc(F)cc2)sc1C(=O)NCCCN. The van der Waals surface area contributed by atoms with Crippen LogP contribution in [0, 0.1) is 12.7 Å². The molecule has 0 saturated carbocycles. The predicted molar refractivity (Wildman–Crippen MR) is 82.1 cm³/mol. The minimum atomic E-state index is -0.256. The number of hydrogen-bond acceptors (Lipinski definition) is 4. The van der Waals surface area contributed by atoms with Gasteiger partial charge in [0.25, 0.3) is 5.91 Å². The molecule has 1 aromatic heterocycles. The number of carbonyl (C=O) groups is 1. The Morgan fingerprint density at radius 1 is 1.38 bits per heavy atom. The molecule has 3 N–H and O–H groups in total. The first-order valence-electron chi connectivity index (χ1n) is 6.79. The van der Waals surface area contributed by atoms with Gasteiger partial charge in [-0.2, -0.15) is 0 Å². The zero-order valence-corrected chi connectivity index (χ0v) is 12.7. The third kappa shape index (κ3) is 4.34. The first kappa shape index (κ1) is 15.6. The quantitative estimate of drug-likeness (QED) is 0.804. The number of aryl methyl sites for hydroxylation is 1. The van der Waals surface area contributed by atoms with Gasteiger partial charge in [0.15, 0.2) is 0 Å². The summed E-state index contributed by atoms with van der Waals surface area (Å²) in [4.78, 5) is 17.1. The first-order valence-corrected chi connectivity index (χ1v) is 7.61. The molecule has 0 aliphatic carbocycles. The molecule has 0 aliphatic rings. The molecule has 0 aliphatic heterocycles. The Labute approximate surface area is 127 Å². The second-order valence-electron chi connectivity index (χ2n) is 4.72. The minimum Gasteiger partial charge on any atom is -0.351 e. The van der Waals surface area contributed by atoms with Crippen LogP contribution >= 0.6 is 11.3 Å². The van der Waals surface area contributed by atoms with Gasteiger partial charge >= 0.3 is 0 Å². The highest BCUT2D eigenvalue weighted by atomic mass is 32.1. The lowest BCUT2D eigenvalue weighted by Gasteiger charge is -2.01. The van der Waals surface area contributed by atoms with Crippen molar-refractivity contribution in [2.24, 2.45) is 5.73 Å². The average molecular weight is 307 g/mol. The van der Waals surface area contributed by atoms with Crippen LogP contribution in [0.15, 0.2) is 24.3 Å². The lowest BCUT2D eigenvalue weighted by Crippen LogP contribution is -2.25. The maximum absolute atomic E-state index is 12.9. The van der Waals surface area contributed by atoms with E-state index in [0.29, 0.717) is 24.4 Å². The molecular formula is C15H18FN3OS. The van der Waals surface area contributed by atoms with Gasteiger partial charge < -0.3 is 11.1 Å². The molecule has 2 aromatic rings. The van der Waals surface area contributed by atoms with Gasteiger partial charge in [0.1, 0.15) is 10.7 Å². The zero-order valence-electron chi connectivity index (χ0n) is 11.9. The van der Waals surface area contributed by atoms with E-state index in [1.807, 2.05) is 6.92 Å². The van der Waals surface area contributed by atoms with Gasteiger partial charge in [0, 0.05) is 13.0 Å². The van der Waals surface area contributed by atoms with Crippen LogP contribution in [-0.4, -0.2) is 24.0 Å². The number of nitrogens with zero attached hydrogens (tertiary/aromatic N) is 1. The van der Waals surface area contributed by atoms with Gasteiger partial charge in [0.2, 0.25) is 0 Å². The van der Waals surface area contributed by atoms with Crippen LogP contribution in [-0.2, 0) is 6.42 Å². The number of halogens is 1. The maximum Gasteiger partial charge on any atom is 0.263 e. The number of rotatable bonds is 6. The molecule has 1 heterocycles. The van der Waals surface area contributed by atoms with Crippen LogP contribution in [0.5, 0.6) is 0 Å². The molecular weight excluding hydrogens is 289 g/mol. The number of benzene rings is 1. The number of hydrogen-bond donors (Lipinski definition) is 2. The largest absolute Gasteiger partial charge is 0.351 e. The van der Waals surface area contributed by atoms with Crippen LogP contribution in [0.2, 0.25) is 0 Å². The van der Waals surface area contributed by atoms with Gasteiger partial charge in [-0.25, -0.2) is 9.37 Å². The Hall–Kier alpha value is -1.79. The Morgan fingerprint density at radius 2 is 2.10 bits per heavy atom. The van der Waals surface area contributed by atoms with E-state index >= 15 is 0 Å². The number of nitrogens with one attached hydrogen (secondary N) is 1. The van der Waals surface area contributed by atoms with Crippen molar-refractivity contribution in [1.82, 2.24) is 10.3 Å². The summed E-state index contributed by atoms with van der Waals surface area (Å²) in [5.41, 5.74) is 7.09. The van der Waals surface area contributed by atoms with Crippen molar-refractivity contribution in [3.8, 4) is 0 Å². The summed E-state index contributed by atoms with van der Waals surface area (Å²) in [6, 6.07) is 6.31. The van der Waals surface area contributed by atoms with Crippen molar-refractivity contribution in [2.75, 3.05) is 13.1 Å². The predicted octanol–water partition coefficient (Wildman–Crippen LogP) is 2.26. The van der Waals surface area contributed by atoms with Gasteiger partial charge in [-0.1, -0.05) is 12.1 Å². The number of aromatic nitrogens is 1. The summed E-state index contributed by atoms with van der Waals surface area (Å²) in [5.74, 6) is -0.363. The molecule has 0 spiro atoms. The highest BCUT2D eigenvalue weighted by Crippen LogP contribution is 2.21. The van der Waals surface area contributed by atoms with E-state index in [4.69, 9.17) is 5.73 Å². The number of thiazole rings is 1. The summed E-state index contributed by atoms with van der Waals surface area (Å²) in [6.07, 6.45) is 1.36. The molecule has 0 saturated heterocycles. The molecule has 4 nitrogen and oxygen atoms in total. The monoisotopic (exact) mass is 307 g/mol. The standard InChI is InChI=1S/C15H18FN3OS/c1-10-14(15(20)18-8-2-7-17)21-13(19-10)9-11-3-5-12(16)6-4-11/h3-6H,2,7-9,17H2,1H3,(H,18,20). The maximum atomic E-state index is 12.9. The summed E-state index contributed by atoms with van der Waals surface area (Å²) in [7, 11) is 0. The van der Waals surface area contributed by atoms with Gasteiger partial charge in [-0.05, 0) is 37.6 Å². The van der Waals surface area contributed by atoms with Crippen molar-refractivity contribution < 1.29 is 9.18 Å². The van der Waals surface area contributed by atoms with Gasteiger partial charge in [-0.15, -0.1) is 11.3 Å². The Bertz CT molecular complexity index is 610. The Morgan fingerprint density at radius 3 is 2.76 bits per heavy atom. The highest BCUT2D eigenvalue weighted by Gasteiger charge is 2.15. The third-order valence-corrected chi connectivity index (χ3v) is 4.14. The lowest BCUT2D eigenvalue weighted by atomic mass is 10.1. The molecule has 2 rings (SSSR count). The van der Waals surface area contributed by atoms with E-state index in [-0.39, 0.29) is 11.7 Å². The molecule has 0 bridgehead atoms. The summed E-state index contributed by atoms with van der Waals surface area (Å²) < 4.78 is 12.9. The summed E-state index contributed by atoms with van der Waals surface area (Å²) >= 11 is 1.38. The van der Waals surface area contributed by atoms with Crippen molar-refractivity contribution in [3.05, 3.63) is 51.2 Å². The fraction of sp³-hybridized carbons (Fsp3) is 0.333. The van der Waals surface area contributed by atoms with Crippen LogP contribution in [0.3, 0.4) is 0 Å². The van der Waals surface area contributed by atoms with Crippen molar-refractivity contribution in [2.45, 2.75) is 19.8 Å². The summed E-state index contributed by atoms with van der Waals surface area (Å²) in [5, 5.41) is 3.68. The van der Waals surface area contributed by atoms with E-state index in [9.17, 15) is 9.18 Å². The molecule has 1 aromatic carbocycles. The Balaban J connectivity index is 2.04. The molecule has 21 heavy (non-hydrogen) atoms. The average Bonchev–Trinajstić information content (AvgIpc) is 2.82. The number of carbonyl (C=O) groups excluding carboxylic acids is 1. The molecule has 0 unspecified atom stereocenters. The van der Waals surface area contributed by atoms with E-state index in [1.165, 1.54) is 23.5 Å². The topological polar surface area (TPSA) is 68.0 Å².